The summed E-state index contributed by atoms with van der Waals surface area (Å²) in [6, 6.07) is 6.61. The number of benzene rings is 1. The SMILES string of the molecule is CC(C)(C)OC(=O)N1CCc2ccc(-n3c(N)c4c(cc3=O)C(=O)NC4=O)cc2CC1. The first-order valence-electron chi connectivity index (χ1n) is 10.1. The molecule has 2 aromatic rings. The lowest BCUT2D eigenvalue weighted by atomic mass is 10.0. The average molecular weight is 424 g/mol. The van der Waals surface area contributed by atoms with Crippen LogP contribution in [0.25, 0.3) is 5.69 Å². The fraction of sp³-hybridized carbons (Fsp3) is 0.364. The highest BCUT2D eigenvalue weighted by Crippen LogP contribution is 2.25. The Balaban J connectivity index is 1.66. The van der Waals surface area contributed by atoms with E-state index in [-0.39, 0.29) is 23.0 Å². The maximum atomic E-state index is 12.7. The number of anilines is 1. The van der Waals surface area contributed by atoms with Crippen LogP contribution in [0.2, 0.25) is 0 Å². The van der Waals surface area contributed by atoms with Crippen molar-refractivity contribution >= 4 is 23.7 Å². The van der Waals surface area contributed by atoms with Crippen molar-refractivity contribution in [1.82, 2.24) is 14.8 Å². The summed E-state index contributed by atoms with van der Waals surface area (Å²) in [6.07, 6.45) is 0.886. The summed E-state index contributed by atoms with van der Waals surface area (Å²) in [5.41, 5.74) is 7.62. The van der Waals surface area contributed by atoms with Crippen LogP contribution < -0.4 is 16.6 Å². The summed E-state index contributed by atoms with van der Waals surface area (Å²) >= 11 is 0. The molecular weight excluding hydrogens is 400 g/mol. The second-order valence-corrected chi connectivity index (χ2v) is 8.70. The van der Waals surface area contributed by atoms with Gasteiger partial charge in [0.25, 0.3) is 17.4 Å². The number of nitrogen functional groups attached to an aromatic ring is 1. The van der Waals surface area contributed by atoms with Crippen LogP contribution in [0.3, 0.4) is 0 Å². The maximum Gasteiger partial charge on any atom is 0.410 e. The number of nitrogens with zero attached hydrogens (tertiary/aromatic N) is 2. The smallest absolute Gasteiger partial charge is 0.410 e. The number of nitrogens with one attached hydrogen (secondary N) is 1. The Bertz CT molecular complexity index is 1180. The highest BCUT2D eigenvalue weighted by Gasteiger charge is 2.32. The zero-order valence-corrected chi connectivity index (χ0v) is 17.7. The third-order valence-electron chi connectivity index (χ3n) is 5.36. The van der Waals surface area contributed by atoms with Crippen LogP contribution in [0, 0.1) is 0 Å². The third kappa shape index (κ3) is 3.78. The molecule has 2 aliphatic heterocycles. The van der Waals surface area contributed by atoms with Crippen molar-refractivity contribution in [2.24, 2.45) is 0 Å². The highest BCUT2D eigenvalue weighted by molar-refractivity contribution is 6.23. The molecule has 0 atom stereocenters. The molecule has 4 rings (SSSR count). The zero-order chi connectivity index (χ0) is 22.5. The van der Waals surface area contributed by atoms with Gasteiger partial charge in [0.2, 0.25) is 0 Å². The lowest BCUT2D eigenvalue weighted by Crippen LogP contribution is -2.38. The van der Waals surface area contributed by atoms with Gasteiger partial charge in [0.1, 0.15) is 11.4 Å². The number of fused-ring (bicyclic) bond motifs is 2. The number of hydrogen-bond donors (Lipinski definition) is 2. The Morgan fingerprint density at radius 3 is 2.39 bits per heavy atom. The van der Waals surface area contributed by atoms with Gasteiger partial charge in [-0.05, 0) is 56.9 Å². The summed E-state index contributed by atoms with van der Waals surface area (Å²) in [6.45, 7) is 6.50. The Kier molecular flexibility index (Phi) is 4.83. The van der Waals surface area contributed by atoms with Crippen molar-refractivity contribution in [3.8, 4) is 5.69 Å². The molecule has 0 fully saturated rings. The first kappa shape index (κ1) is 20.6. The van der Waals surface area contributed by atoms with Crippen molar-refractivity contribution in [2.75, 3.05) is 18.8 Å². The van der Waals surface area contributed by atoms with Gasteiger partial charge in [-0.2, -0.15) is 0 Å². The molecule has 162 valence electrons. The van der Waals surface area contributed by atoms with E-state index in [1.54, 1.807) is 11.0 Å². The number of rotatable bonds is 1. The van der Waals surface area contributed by atoms with Crippen LogP contribution in [-0.4, -0.2) is 46.1 Å². The van der Waals surface area contributed by atoms with E-state index in [9.17, 15) is 19.2 Å². The molecule has 0 aliphatic carbocycles. The van der Waals surface area contributed by atoms with Crippen LogP contribution >= 0.6 is 0 Å². The number of amides is 3. The Morgan fingerprint density at radius 2 is 1.71 bits per heavy atom. The van der Waals surface area contributed by atoms with Gasteiger partial charge in [0.05, 0.1) is 16.8 Å². The van der Waals surface area contributed by atoms with Crippen LogP contribution in [0.4, 0.5) is 10.6 Å². The second kappa shape index (κ2) is 7.26. The standard InChI is InChI=1S/C22H24N4O5/c1-22(2,3)31-21(30)25-8-6-12-4-5-14(10-13(12)7-9-25)26-16(27)11-15-17(18(26)23)20(29)24-19(15)28/h4-5,10-11H,6-9,23H2,1-3H3,(H,24,28,29). The fourth-order valence-corrected chi connectivity index (χ4v) is 3.91. The fourth-order valence-electron chi connectivity index (χ4n) is 3.91. The van der Waals surface area contributed by atoms with E-state index >= 15 is 0 Å². The molecule has 1 aromatic heterocycles. The van der Waals surface area contributed by atoms with Crippen molar-refractivity contribution in [3.63, 3.8) is 0 Å². The maximum absolute atomic E-state index is 12.7. The molecule has 0 bridgehead atoms. The van der Waals surface area contributed by atoms with Gasteiger partial charge < -0.3 is 15.4 Å². The predicted octanol–water partition coefficient (Wildman–Crippen LogP) is 1.64. The molecule has 3 heterocycles. The van der Waals surface area contributed by atoms with E-state index in [4.69, 9.17) is 10.5 Å². The van der Waals surface area contributed by atoms with Gasteiger partial charge in [-0.3, -0.25) is 24.3 Å². The number of carbonyl (C=O) groups is 3. The molecule has 31 heavy (non-hydrogen) atoms. The summed E-state index contributed by atoms with van der Waals surface area (Å²) in [4.78, 5) is 50.7. The molecule has 0 saturated heterocycles. The number of ether oxygens (including phenoxy) is 1. The Hall–Kier alpha value is -3.62. The number of aromatic nitrogens is 1. The molecule has 0 radical (unpaired) electrons. The molecule has 1 aromatic carbocycles. The molecule has 2 aliphatic rings. The first-order chi connectivity index (χ1) is 14.5. The number of carbonyl (C=O) groups excluding carboxylic acids is 3. The largest absolute Gasteiger partial charge is 0.444 e. The lowest BCUT2D eigenvalue weighted by molar-refractivity contribution is 0.0258. The minimum absolute atomic E-state index is 0.00786. The van der Waals surface area contributed by atoms with Crippen LogP contribution in [-0.2, 0) is 17.6 Å². The van der Waals surface area contributed by atoms with Crippen molar-refractivity contribution in [1.29, 1.82) is 0 Å². The van der Waals surface area contributed by atoms with E-state index in [0.29, 0.717) is 31.6 Å². The third-order valence-corrected chi connectivity index (χ3v) is 5.36. The second-order valence-electron chi connectivity index (χ2n) is 8.70. The highest BCUT2D eigenvalue weighted by atomic mass is 16.6. The lowest BCUT2D eigenvalue weighted by Gasteiger charge is -2.26. The van der Waals surface area contributed by atoms with E-state index in [1.165, 1.54) is 4.57 Å². The number of pyridine rings is 1. The number of hydrogen-bond acceptors (Lipinski definition) is 6. The quantitative estimate of drug-likeness (QED) is 0.671. The van der Waals surface area contributed by atoms with Crippen LogP contribution in [0.15, 0.2) is 29.1 Å². The topological polar surface area (TPSA) is 124 Å². The predicted molar refractivity (Wildman–Crippen MR) is 113 cm³/mol. The minimum Gasteiger partial charge on any atom is -0.444 e. The molecular formula is C22H24N4O5. The van der Waals surface area contributed by atoms with Crippen LogP contribution in [0.1, 0.15) is 52.6 Å². The molecule has 0 spiro atoms. The van der Waals surface area contributed by atoms with E-state index in [1.807, 2.05) is 32.9 Å². The van der Waals surface area contributed by atoms with Gasteiger partial charge >= 0.3 is 6.09 Å². The molecule has 9 heteroatoms. The number of imide groups is 1. The van der Waals surface area contributed by atoms with Crippen molar-refractivity contribution in [2.45, 2.75) is 39.2 Å². The van der Waals surface area contributed by atoms with Crippen molar-refractivity contribution < 1.29 is 19.1 Å². The molecule has 9 nitrogen and oxygen atoms in total. The monoisotopic (exact) mass is 424 g/mol. The normalized spacial score (nSPS) is 15.8. The van der Waals surface area contributed by atoms with Gasteiger partial charge in [-0.1, -0.05) is 6.07 Å². The van der Waals surface area contributed by atoms with Gasteiger partial charge in [0.15, 0.2) is 0 Å². The molecule has 0 saturated carbocycles. The first-order valence-corrected chi connectivity index (χ1v) is 10.1. The van der Waals surface area contributed by atoms with Crippen molar-refractivity contribution in [3.05, 3.63) is 56.9 Å². The summed E-state index contributed by atoms with van der Waals surface area (Å²) in [5.74, 6) is -1.32. The molecule has 0 unspecified atom stereocenters. The number of nitrogens with two attached hydrogens (primary N) is 1. The minimum atomic E-state index is -0.625. The van der Waals surface area contributed by atoms with Gasteiger partial charge in [0, 0.05) is 19.2 Å². The Labute approximate surface area is 178 Å². The van der Waals surface area contributed by atoms with Gasteiger partial charge in [-0.25, -0.2) is 4.79 Å². The molecule has 3 N–H and O–H groups in total. The molecule has 3 amide bonds. The van der Waals surface area contributed by atoms with Gasteiger partial charge in [-0.15, -0.1) is 0 Å². The summed E-state index contributed by atoms with van der Waals surface area (Å²) < 4.78 is 6.71. The van der Waals surface area contributed by atoms with E-state index in [0.717, 1.165) is 17.2 Å². The summed E-state index contributed by atoms with van der Waals surface area (Å²) in [5, 5.41) is 2.16. The van der Waals surface area contributed by atoms with E-state index in [2.05, 4.69) is 5.32 Å². The Morgan fingerprint density at radius 1 is 1.03 bits per heavy atom. The summed E-state index contributed by atoms with van der Waals surface area (Å²) in [7, 11) is 0. The van der Waals surface area contributed by atoms with Crippen LogP contribution in [0.5, 0.6) is 0 Å². The zero-order valence-electron chi connectivity index (χ0n) is 17.7. The van der Waals surface area contributed by atoms with E-state index < -0.39 is 23.0 Å². The average Bonchev–Trinajstić information content (AvgIpc) is 2.84.